The van der Waals surface area contributed by atoms with Gasteiger partial charge in [-0.1, -0.05) is 12.1 Å². The number of likely N-dealkylation sites (tertiary alicyclic amines) is 2. The lowest BCUT2D eigenvalue weighted by molar-refractivity contribution is -0.136. The molecule has 0 N–H and O–H groups in total. The zero-order chi connectivity index (χ0) is 19.9. The molecule has 2 heterocycles. The van der Waals surface area contributed by atoms with E-state index in [4.69, 9.17) is 9.47 Å². The Labute approximate surface area is 167 Å². The van der Waals surface area contributed by atoms with E-state index in [9.17, 15) is 9.59 Å². The molecule has 154 valence electrons. The summed E-state index contributed by atoms with van der Waals surface area (Å²) in [6, 6.07) is 5.77. The fourth-order valence-electron chi connectivity index (χ4n) is 4.28. The monoisotopic (exact) mass is 388 g/mol. The largest absolute Gasteiger partial charge is 0.493 e. The normalized spacial score (nSPS) is 18.3. The van der Waals surface area contributed by atoms with Crippen LogP contribution in [0.2, 0.25) is 0 Å². The van der Waals surface area contributed by atoms with Crippen molar-refractivity contribution in [3.63, 3.8) is 0 Å². The van der Waals surface area contributed by atoms with Gasteiger partial charge < -0.3 is 19.3 Å². The molecule has 2 saturated heterocycles. The highest BCUT2D eigenvalue weighted by Gasteiger charge is 2.27. The third-order valence-electron chi connectivity index (χ3n) is 5.96. The number of carbonyl (C=O) groups excluding carboxylic acids is 2. The molecular formula is C22H32N2O4. The molecule has 1 aromatic rings. The SMILES string of the molecule is COc1cccc(CCC(=O)N2CCC(CN3CCCCC3=O)CC2)c1OC. The minimum Gasteiger partial charge on any atom is -0.493 e. The van der Waals surface area contributed by atoms with E-state index < -0.39 is 0 Å². The first-order valence-corrected chi connectivity index (χ1v) is 10.4. The Morgan fingerprint density at radius 3 is 2.57 bits per heavy atom. The smallest absolute Gasteiger partial charge is 0.222 e. The summed E-state index contributed by atoms with van der Waals surface area (Å²) in [5.74, 6) is 2.42. The maximum Gasteiger partial charge on any atom is 0.222 e. The quantitative estimate of drug-likeness (QED) is 0.721. The molecule has 3 rings (SSSR count). The Morgan fingerprint density at radius 1 is 1.11 bits per heavy atom. The third kappa shape index (κ3) is 4.97. The number of ether oxygens (including phenoxy) is 2. The van der Waals surface area contributed by atoms with Crippen LogP contribution in [0.4, 0.5) is 0 Å². The molecule has 0 bridgehead atoms. The number of hydrogen-bond donors (Lipinski definition) is 0. The summed E-state index contributed by atoms with van der Waals surface area (Å²) in [5, 5.41) is 0. The van der Waals surface area contributed by atoms with E-state index in [0.29, 0.717) is 42.6 Å². The Kier molecular flexibility index (Phi) is 7.18. The van der Waals surface area contributed by atoms with Crippen LogP contribution in [0.5, 0.6) is 11.5 Å². The number of carbonyl (C=O) groups is 2. The highest BCUT2D eigenvalue weighted by Crippen LogP contribution is 2.31. The van der Waals surface area contributed by atoms with Gasteiger partial charge in [-0.2, -0.15) is 0 Å². The molecule has 28 heavy (non-hydrogen) atoms. The number of aryl methyl sites for hydroxylation is 1. The number of benzene rings is 1. The Morgan fingerprint density at radius 2 is 1.89 bits per heavy atom. The molecule has 0 aliphatic carbocycles. The molecule has 1 aromatic carbocycles. The first kappa shape index (κ1) is 20.5. The van der Waals surface area contributed by atoms with Crippen molar-refractivity contribution in [2.24, 2.45) is 5.92 Å². The van der Waals surface area contributed by atoms with Crippen LogP contribution in [-0.2, 0) is 16.0 Å². The molecule has 2 aliphatic heterocycles. The predicted octanol–water partition coefficient (Wildman–Crippen LogP) is 2.89. The summed E-state index contributed by atoms with van der Waals surface area (Å²) in [6.45, 7) is 3.35. The van der Waals surface area contributed by atoms with Crippen molar-refractivity contribution >= 4 is 11.8 Å². The van der Waals surface area contributed by atoms with Gasteiger partial charge in [0.1, 0.15) is 0 Å². The zero-order valence-corrected chi connectivity index (χ0v) is 17.1. The van der Waals surface area contributed by atoms with Crippen molar-refractivity contribution in [1.29, 1.82) is 0 Å². The topological polar surface area (TPSA) is 59.1 Å². The second-order valence-corrected chi connectivity index (χ2v) is 7.77. The molecule has 0 unspecified atom stereocenters. The summed E-state index contributed by atoms with van der Waals surface area (Å²) in [4.78, 5) is 28.7. The highest BCUT2D eigenvalue weighted by molar-refractivity contribution is 5.77. The molecule has 2 aliphatic rings. The highest BCUT2D eigenvalue weighted by atomic mass is 16.5. The second-order valence-electron chi connectivity index (χ2n) is 7.77. The molecule has 0 spiro atoms. The molecule has 0 saturated carbocycles. The van der Waals surface area contributed by atoms with Crippen molar-refractivity contribution < 1.29 is 19.1 Å². The van der Waals surface area contributed by atoms with E-state index in [1.807, 2.05) is 28.0 Å². The van der Waals surface area contributed by atoms with Gasteiger partial charge in [-0.3, -0.25) is 9.59 Å². The average Bonchev–Trinajstić information content (AvgIpc) is 2.73. The fraction of sp³-hybridized carbons (Fsp3) is 0.636. The molecule has 2 amide bonds. The number of nitrogens with zero attached hydrogens (tertiary/aromatic N) is 2. The fourth-order valence-corrected chi connectivity index (χ4v) is 4.28. The summed E-state index contributed by atoms with van der Waals surface area (Å²) in [7, 11) is 3.25. The van der Waals surface area contributed by atoms with E-state index >= 15 is 0 Å². The van der Waals surface area contributed by atoms with Crippen LogP contribution in [0, 0.1) is 5.92 Å². The van der Waals surface area contributed by atoms with Crippen LogP contribution in [0.25, 0.3) is 0 Å². The summed E-state index contributed by atoms with van der Waals surface area (Å²) in [6.07, 6.45) is 5.93. The molecule has 6 nitrogen and oxygen atoms in total. The van der Waals surface area contributed by atoms with Gasteiger partial charge in [0.15, 0.2) is 11.5 Å². The lowest BCUT2D eigenvalue weighted by atomic mass is 9.94. The molecule has 0 atom stereocenters. The Hall–Kier alpha value is -2.24. The van der Waals surface area contributed by atoms with Gasteiger partial charge >= 0.3 is 0 Å². The molecule has 0 aromatic heterocycles. The van der Waals surface area contributed by atoms with Gasteiger partial charge in [0.2, 0.25) is 11.8 Å². The first-order chi connectivity index (χ1) is 13.6. The average molecular weight is 389 g/mol. The van der Waals surface area contributed by atoms with Crippen molar-refractivity contribution in [2.45, 2.75) is 44.9 Å². The van der Waals surface area contributed by atoms with E-state index in [1.54, 1.807) is 14.2 Å². The van der Waals surface area contributed by atoms with E-state index in [0.717, 1.165) is 57.4 Å². The molecule has 2 fully saturated rings. The molecule has 6 heteroatoms. The van der Waals surface area contributed by atoms with Crippen molar-refractivity contribution in [1.82, 2.24) is 9.80 Å². The molecular weight excluding hydrogens is 356 g/mol. The number of amides is 2. The maximum atomic E-state index is 12.7. The zero-order valence-electron chi connectivity index (χ0n) is 17.1. The minimum atomic E-state index is 0.192. The van der Waals surface area contributed by atoms with Gasteiger partial charge in [0.25, 0.3) is 0 Å². The van der Waals surface area contributed by atoms with E-state index in [1.165, 1.54) is 0 Å². The van der Waals surface area contributed by atoms with Crippen LogP contribution >= 0.6 is 0 Å². The van der Waals surface area contributed by atoms with E-state index in [-0.39, 0.29) is 5.91 Å². The van der Waals surface area contributed by atoms with Gasteiger partial charge in [-0.15, -0.1) is 0 Å². The summed E-state index contributed by atoms with van der Waals surface area (Å²) in [5.41, 5.74) is 0.994. The Balaban J connectivity index is 1.46. The van der Waals surface area contributed by atoms with Gasteiger partial charge in [0, 0.05) is 39.0 Å². The van der Waals surface area contributed by atoms with Gasteiger partial charge in [-0.05, 0) is 49.7 Å². The summed E-state index contributed by atoms with van der Waals surface area (Å²) >= 11 is 0. The van der Waals surface area contributed by atoms with Crippen molar-refractivity contribution in [3.05, 3.63) is 23.8 Å². The number of rotatable bonds is 7. The van der Waals surface area contributed by atoms with Crippen LogP contribution in [-0.4, -0.2) is 62.0 Å². The van der Waals surface area contributed by atoms with Gasteiger partial charge in [-0.25, -0.2) is 0 Å². The molecule has 0 radical (unpaired) electrons. The van der Waals surface area contributed by atoms with Crippen molar-refractivity contribution in [2.75, 3.05) is 40.4 Å². The van der Waals surface area contributed by atoms with Crippen LogP contribution in [0.3, 0.4) is 0 Å². The summed E-state index contributed by atoms with van der Waals surface area (Å²) < 4.78 is 10.8. The number of para-hydroxylation sites is 1. The van der Waals surface area contributed by atoms with E-state index in [2.05, 4.69) is 0 Å². The maximum absolute atomic E-state index is 12.7. The minimum absolute atomic E-state index is 0.192. The standard InChI is InChI=1S/C22H32N2O4/c1-27-19-7-5-6-18(22(19)28-2)9-10-21(26)23-14-11-17(12-15-23)16-24-13-4-3-8-20(24)25/h5-7,17H,3-4,8-16H2,1-2H3. The van der Waals surface area contributed by atoms with Crippen LogP contribution < -0.4 is 9.47 Å². The Bertz CT molecular complexity index is 683. The predicted molar refractivity (Wildman–Crippen MR) is 108 cm³/mol. The third-order valence-corrected chi connectivity index (χ3v) is 5.96. The number of methoxy groups -OCH3 is 2. The second kappa shape index (κ2) is 9.80. The first-order valence-electron chi connectivity index (χ1n) is 10.4. The van der Waals surface area contributed by atoms with Crippen LogP contribution in [0.1, 0.15) is 44.1 Å². The lowest BCUT2D eigenvalue weighted by Gasteiger charge is -2.36. The van der Waals surface area contributed by atoms with Gasteiger partial charge in [0.05, 0.1) is 14.2 Å². The van der Waals surface area contributed by atoms with Crippen LogP contribution in [0.15, 0.2) is 18.2 Å². The van der Waals surface area contributed by atoms with Crippen molar-refractivity contribution in [3.8, 4) is 11.5 Å². The number of piperidine rings is 2. The number of hydrogen-bond acceptors (Lipinski definition) is 4. The lowest BCUT2D eigenvalue weighted by Crippen LogP contribution is -2.44.